The first-order valence-electron chi connectivity index (χ1n) is 9.06. The van der Waals surface area contributed by atoms with Crippen LogP contribution in [0.3, 0.4) is 0 Å². The molecule has 0 aliphatic carbocycles. The van der Waals surface area contributed by atoms with Crippen LogP contribution in [-0.4, -0.2) is 28.2 Å². The third-order valence-electron chi connectivity index (χ3n) is 4.02. The van der Waals surface area contributed by atoms with Gasteiger partial charge in [0.25, 0.3) is 5.91 Å². The van der Waals surface area contributed by atoms with Crippen molar-refractivity contribution in [3.63, 3.8) is 0 Å². The summed E-state index contributed by atoms with van der Waals surface area (Å²) in [5.41, 5.74) is 4.01. The number of nitrogens with one attached hydrogen (secondary N) is 4. The Morgan fingerprint density at radius 2 is 1.86 bits per heavy atom. The van der Waals surface area contributed by atoms with E-state index in [1.165, 1.54) is 0 Å². The van der Waals surface area contributed by atoms with Crippen LogP contribution in [0.1, 0.15) is 29.8 Å². The highest BCUT2D eigenvalue weighted by molar-refractivity contribution is 5.96. The van der Waals surface area contributed by atoms with Crippen LogP contribution in [-0.2, 0) is 6.54 Å². The molecule has 0 bridgehead atoms. The van der Waals surface area contributed by atoms with E-state index in [2.05, 4.69) is 26.1 Å². The topological polar surface area (TPSA) is 98.9 Å². The van der Waals surface area contributed by atoms with Gasteiger partial charge in [-0.15, -0.1) is 0 Å². The second-order valence-electron chi connectivity index (χ2n) is 6.68. The molecular formula is C21H23N5O2. The van der Waals surface area contributed by atoms with Crippen molar-refractivity contribution in [2.24, 2.45) is 0 Å². The van der Waals surface area contributed by atoms with Gasteiger partial charge in [-0.1, -0.05) is 30.3 Å². The van der Waals surface area contributed by atoms with Crippen LogP contribution >= 0.6 is 0 Å². The van der Waals surface area contributed by atoms with Crippen LogP contribution in [0.2, 0.25) is 0 Å². The number of aromatic amines is 1. The molecule has 7 nitrogen and oxygen atoms in total. The standard InChI is InChI=1S/C21H23N5O2/c1-14(2)24-21(28)25-18-5-3-4-17(12-18)20(27)22-13-15-6-8-16(9-7-15)19-10-11-23-26-19/h3-12,14H,13H2,1-2H3,(H,22,27)(H,23,26)(H2,24,25,28). The Labute approximate surface area is 163 Å². The highest BCUT2D eigenvalue weighted by atomic mass is 16.2. The minimum Gasteiger partial charge on any atom is -0.348 e. The molecule has 3 aromatic rings. The molecule has 0 unspecified atom stereocenters. The predicted octanol–water partition coefficient (Wildman–Crippen LogP) is 3.54. The highest BCUT2D eigenvalue weighted by Crippen LogP contribution is 2.17. The lowest BCUT2D eigenvalue weighted by atomic mass is 10.1. The SMILES string of the molecule is CC(C)NC(=O)Nc1cccc(C(=O)NCc2ccc(-c3ccn[nH]3)cc2)c1. The molecule has 7 heteroatoms. The summed E-state index contributed by atoms with van der Waals surface area (Å²) in [6.45, 7) is 4.17. The van der Waals surface area contributed by atoms with Crippen molar-refractivity contribution in [2.75, 3.05) is 5.32 Å². The summed E-state index contributed by atoms with van der Waals surface area (Å²) in [5.74, 6) is -0.203. The Kier molecular flexibility index (Phi) is 6.06. The van der Waals surface area contributed by atoms with Crippen molar-refractivity contribution in [3.05, 3.63) is 71.9 Å². The van der Waals surface area contributed by atoms with Crippen LogP contribution in [0, 0.1) is 0 Å². The Balaban J connectivity index is 1.57. The van der Waals surface area contributed by atoms with E-state index in [-0.39, 0.29) is 18.0 Å². The minimum absolute atomic E-state index is 0.0335. The summed E-state index contributed by atoms with van der Waals surface area (Å²) < 4.78 is 0. The zero-order chi connectivity index (χ0) is 19.9. The number of aromatic nitrogens is 2. The fraction of sp³-hybridized carbons (Fsp3) is 0.190. The second-order valence-corrected chi connectivity index (χ2v) is 6.68. The molecule has 0 atom stereocenters. The van der Waals surface area contributed by atoms with E-state index in [9.17, 15) is 9.59 Å². The lowest BCUT2D eigenvalue weighted by molar-refractivity contribution is 0.0951. The van der Waals surface area contributed by atoms with Gasteiger partial charge in [-0.2, -0.15) is 5.10 Å². The Morgan fingerprint density at radius 1 is 1.07 bits per heavy atom. The second kappa shape index (κ2) is 8.85. The van der Waals surface area contributed by atoms with E-state index < -0.39 is 0 Å². The van der Waals surface area contributed by atoms with Crippen molar-refractivity contribution in [3.8, 4) is 11.3 Å². The monoisotopic (exact) mass is 377 g/mol. The smallest absolute Gasteiger partial charge is 0.319 e. The van der Waals surface area contributed by atoms with Crippen molar-refractivity contribution in [1.82, 2.24) is 20.8 Å². The number of anilines is 1. The van der Waals surface area contributed by atoms with Gasteiger partial charge >= 0.3 is 6.03 Å². The molecule has 0 aliphatic rings. The number of amides is 3. The molecule has 1 aromatic heterocycles. The van der Waals surface area contributed by atoms with Gasteiger partial charge in [0, 0.05) is 30.0 Å². The van der Waals surface area contributed by atoms with Gasteiger partial charge in [-0.3, -0.25) is 9.89 Å². The van der Waals surface area contributed by atoms with E-state index in [1.54, 1.807) is 30.5 Å². The lowest BCUT2D eigenvalue weighted by Crippen LogP contribution is -2.34. The molecule has 1 heterocycles. The van der Waals surface area contributed by atoms with E-state index in [0.717, 1.165) is 16.8 Å². The molecular weight excluding hydrogens is 354 g/mol. The maximum atomic E-state index is 12.4. The summed E-state index contributed by atoms with van der Waals surface area (Å²) in [6, 6.07) is 16.4. The Hall–Kier alpha value is -3.61. The molecule has 144 valence electrons. The van der Waals surface area contributed by atoms with Crippen LogP contribution in [0.15, 0.2) is 60.8 Å². The maximum absolute atomic E-state index is 12.4. The molecule has 0 saturated carbocycles. The number of rotatable bonds is 6. The lowest BCUT2D eigenvalue weighted by Gasteiger charge is -2.11. The van der Waals surface area contributed by atoms with E-state index >= 15 is 0 Å². The zero-order valence-electron chi connectivity index (χ0n) is 15.8. The Bertz CT molecular complexity index is 934. The first kappa shape index (κ1) is 19.2. The number of nitrogens with zero attached hydrogens (tertiary/aromatic N) is 1. The number of urea groups is 1. The summed E-state index contributed by atoms with van der Waals surface area (Å²) >= 11 is 0. The molecule has 28 heavy (non-hydrogen) atoms. The van der Waals surface area contributed by atoms with Crippen molar-refractivity contribution in [1.29, 1.82) is 0 Å². The number of hydrogen-bond acceptors (Lipinski definition) is 3. The third-order valence-corrected chi connectivity index (χ3v) is 4.02. The molecule has 0 fully saturated rings. The molecule has 3 amide bonds. The number of carbonyl (C=O) groups is 2. The average Bonchev–Trinajstić information content (AvgIpc) is 3.21. The van der Waals surface area contributed by atoms with Crippen LogP contribution in [0.5, 0.6) is 0 Å². The van der Waals surface area contributed by atoms with Crippen LogP contribution in [0.4, 0.5) is 10.5 Å². The average molecular weight is 377 g/mol. The first-order chi connectivity index (χ1) is 13.5. The number of hydrogen-bond donors (Lipinski definition) is 4. The molecule has 0 saturated heterocycles. The molecule has 4 N–H and O–H groups in total. The molecule has 3 rings (SSSR count). The van der Waals surface area contributed by atoms with Gasteiger partial charge in [0.15, 0.2) is 0 Å². The quantitative estimate of drug-likeness (QED) is 0.529. The summed E-state index contributed by atoms with van der Waals surface area (Å²) in [5, 5.41) is 15.2. The number of carbonyl (C=O) groups excluding carboxylic acids is 2. The van der Waals surface area contributed by atoms with Crippen LogP contribution < -0.4 is 16.0 Å². The minimum atomic E-state index is -0.301. The van der Waals surface area contributed by atoms with Gasteiger partial charge in [0.2, 0.25) is 0 Å². The Morgan fingerprint density at radius 3 is 2.54 bits per heavy atom. The van der Waals surface area contributed by atoms with Crippen molar-refractivity contribution < 1.29 is 9.59 Å². The molecule has 0 spiro atoms. The van der Waals surface area contributed by atoms with E-state index in [1.807, 2.05) is 44.2 Å². The van der Waals surface area contributed by atoms with E-state index in [0.29, 0.717) is 17.8 Å². The molecule has 0 radical (unpaired) electrons. The van der Waals surface area contributed by atoms with Crippen molar-refractivity contribution >= 4 is 17.6 Å². The fourth-order valence-corrected chi connectivity index (χ4v) is 2.67. The van der Waals surface area contributed by atoms with Gasteiger partial charge in [0.05, 0.1) is 5.69 Å². The number of H-pyrrole nitrogens is 1. The first-order valence-corrected chi connectivity index (χ1v) is 9.06. The largest absolute Gasteiger partial charge is 0.348 e. The third kappa shape index (κ3) is 5.20. The van der Waals surface area contributed by atoms with E-state index in [4.69, 9.17) is 0 Å². The highest BCUT2D eigenvalue weighted by Gasteiger charge is 2.09. The normalized spacial score (nSPS) is 10.5. The summed E-state index contributed by atoms with van der Waals surface area (Å²) in [7, 11) is 0. The van der Waals surface area contributed by atoms with Gasteiger partial charge in [0.1, 0.15) is 0 Å². The van der Waals surface area contributed by atoms with Gasteiger partial charge in [-0.25, -0.2) is 4.79 Å². The van der Waals surface area contributed by atoms with Crippen molar-refractivity contribution in [2.45, 2.75) is 26.4 Å². The van der Waals surface area contributed by atoms with Gasteiger partial charge in [-0.05, 0) is 49.2 Å². The van der Waals surface area contributed by atoms with Crippen LogP contribution in [0.25, 0.3) is 11.3 Å². The number of benzene rings is 2. The fourth-order valence-electron chi connectivity index (χ4n) is 2.67. The summed E-state index contributed by atoms with van der Waals surface area (Å²) in [6.07, 6.45) is 1.71. The van der Waals surface area contributed by atoms with Gasteiger partial charge < -0.3 is 16.0 Å². The zero-order valence-corrected chi connectivity index (χ0v) is 15.8. The maximum Gasteiger partial charge on any atom is 0.319 e. The predicted molar refractivity (Wildman–Crippen MR) is 109 cm³/mol. The molecule has 0 aliphatic heterocycles. The molecule has 2 aromatic carbocycles. The summed E-state index contributed by atoms with van der Waals surface area (Å²) in [4.78, 5) is 24.2.